The molecule has 0 N–H and O–H groups in total. The summed E-state index contributed by atoms with van der Waals surface area (Å²) in [5.41, 5.74) is 2.10. The first kappa shape index (κ1) is 15.2. The lowest BCUT2D eigenvalue weighted by Gasteiger charge is -2.01. The van der Waals surface area contributed by atoms with Crippen molar-refractivity contribution in [1.29, 1.82) is 5.26 Å². The van der Waals surface area contributed by atoms with Crippen LogP contribution in [0.2, 0.25) is 0 Å². The molecule has 0 aliphatic rings. The van der Waals surface area contributed by atoms with E-state index in [1.54, 1.807) is 30.3 Å². The molecule has 0 radical (unpaired) electrons. The fourth-order valence-electron chi connectivity index (χ4n) is 2.32. The second kappa shape index (κ2) is 6.60. The van der Waals surface area contributed by atoms with Gasteiger partial charge in [0, 0.05) is 10.0 Å². The van der Waals surface area contributed by atoms with Crippen LogP contribution in [0.3, 0.4) is 0 Å². The number of allylic oxidation sites excluding steroid dienone is 1. The van der Waals surface area contributed by atoms with Crippen molar-refractivity contribution in [2.24, 2.45) is 0 Å². The van der Waals surface area contributed by atoms with Gasteiger partial charge >= 0.3 is 0 Å². The second-order valence-electron chi connectivity index (χ2n) is 5.14. The van der Waals surface area contributed by atoms with Crippen molar-refractivity contribution in [3.63, 3.8) is 0 Å². The Morgan fingerprint density at radius 2 is 1.65 bits per heavy atom. The molecular weight excluding hydrogens is 350 g/mol. The van der Waals surface area contributed by atoms with E-state index in [-0.39, 0.29) is 5.78 Å². The number of nitriles is 1. The van der Waals surface area contributed by atoms with Crippen LogP contribution in [0, 0.1) is 11.3 Å². The van der Waals surface area contributed by atoms with E-state index in [4.69, 9.17) is 5.26 Å². The predicted molar refractivity (Wildman–Crippen MR) is 96.2 cm³/mol. The smallest absolute Gasteiger partial charge is 0.185 e. The lowest BCUT2D eigenvalue weighted by Crippen LogP contribution is -1.93. The van der Waals surface area contributed by atoms with Gasteiger partial charge in [-0.25, -0.2) is 0 Å². The van der Waals surface area contributed by atoms with E-state index in [2.05, 4.69) is 22.0 Å². The highest BCUT2D eigenvalue weighted by molar-refractivity contribution is 9.10. The number of hydrogen-bond donors (Lipinski definition) is 0. The zero-order valence-corrected chi connectivity index (χ0v) is 13.7. The number of carbonyl (C=O) groups excluding carboxylic acids is 1. The Labute approximate surface area is 142 Å². The summed E-state index contributed by atoms with van der Waals surface area (Å²) in [6.45, 7) is 0. The van der Waals surface area contributed by atoms with Crippen LogP contribution in [0.4, 0.5) is 0 Å². The van der Waals surface area contributed by atoms with Gasteiger partial charge in [0.05, 0.1) is 11.6 Å². The zero-order chi connectivity index (χ0) is 16.2. The van der Waals surface area contributed by atoms with Gasteiger partial charge in [-0.05, 0) is 64.9 Å². The Balaban J connectivity index is 1.82. The van der Waals surface area contributed by atoms with Gasteiger partial charge in [0.1, 0.15) is 0 Å². The van der Waals surface area contributed by atoms with Crippen LogP contribution in [-0.2, 0) is 0 Å². The molecule has 0 bridgehead atoms. The SMILES string of the molecule is N#Cc1ccc(C(=O)/C=C/c2ccc3cc(Br)ccc3c2)cc1. The molecule has 3 rings (SSSR count). The highest BCUT2D eigenvalue weighted by atomic mass is 79.9. The van der Waals surface area contributed by atoms with Crippen LogP contribution in [0.5, 0.6) is 0 Å². The van der Waals surface area contributed by atoms with Crippen LogP contribution in [0.1, 0.15) is 21.5 Å². The van der Waals surface area contributed by atoms with Gasteiger partial charge in [0.15, 0.2) is 5.78 Å². The van der Waals surface area contributed by atoms with Crippen molar-refractivity contribution >= 4 is 38.6 Å². The van der Waals surface area contributed by atoms with Crippen molar-refractivity contribution < 1.29 is 4.79 Å². The minimum Gasteiger partial charge on any atom is -0.289 e. The molecule has 0 aliphatic carbocycles. The Bertz CT molecular complexity index is 950. The molecule has 2 nitrogen and oxygen atoms in total. The minimum absolute atomic E-state index is 0.0783. The number of hydrogen-bond acceptors (Lipinski definition) is 2. The molecule has 0 aliphatic heterocycles. The van der Waals surface area contributed by atoms with Gasteiger partial charge in [-0.2, -0.15) is 5.26 Å². The van der Waals surface area contributed by atoms with Crippen molar-refractivity contribution in [1.82, 2.24) is 0 Å². The maximum Gasteiger partial charge on any atom is 0.185 e. The van der Waals surface area contributed by atoms with Gasteiger partial charge in [0.2, 0.25) is 0 Å². The van der Waals surface area contributed by atoms with Gasteiger partial charge in [-0.15, -0.1) is 0 Å². The molecular formula is C20H12BrNO. The summed E-state index contributed by atoms with van der Waals surface area (Å²) in [5, 5.41) is 11.0. The summed E-state index contributed by atoms with van der Waals surface area (Å²) in [5.74, 6) is -0.0783. The molecule has 0 saturated carbocycles. The van der Waals surface area contributed by atoms with Crippen LogP contribution >= 0.6 is 15.9 Å². The number of benzene rings is 3. The second-order valence-corrected chi connectivity index (χ2v) is 6.05. The molecule has 0 atom stereocenters. The highest BCUT2D eigenvalue weighted by Crippen LogP contribution is 2.21. The first-order chi connectivity index (χ1) is 11.2. The third kappa shape index (κ3) is 3.56. The summed E-state index contributed by atoms with van der Waals surface area (Å²) < 4.78 is 1.05. The molecule has 0 amide bonds. The first-order valence-electron chi connectivity index (χ1n) is 7.07. The van der Waals surface area contributed by atoms with E-state index >= 15 is 0 Å². The number of nitrogens with zero attached hydrogens (tertiary/aromatic N) is 1. The van der Waals surface area contributed by atoms with E-state index < -0.39 is 0 Å². The van der Waals surface area contributed by atoms with E-state index in [1.807, 2.05) is 42.5 Å². The number of fused-ring (bicyclic) bond motifs is 1. The molecule has 0 saturated heterocycles. The zero-order valence-electron chi connectivity index (χ0n) is 12.2. The summed E-state index contributed by atoms with van der Waals surface area (Å²) in [6, 6.07) is 20.8. The van der Waals surface area contributed by atoms with Crippen LogP contribution in [0.25, 0.3) is 16.8 Å². The van der Waals surface area contributed by atoms with E-state index in [0.717, 1.165) is 20.8 Å². The van der Waals surface area contributed by atoms with E-state index in [0.29, 0.717) is 11.1 Å². The molecule has 3 heteroatoms. The van der Waals surface area contributed by atoms with E-state index in [1.165, 1.54) is 0 Å². The fraction of sp³-hybridized carbons (Fsp3) is 0. The van der Waals surface area contributed by atoms with Crippen molar-refractivity contribution in [3.05, 3.63) is 87.9 Å². The third-order valence-corrected chi connectivity index (χ3v) is 4.05. The van der Waals surface area contributed by atoms with Gasteiger partial charge < -0.3 is 0 Å². The molecule has 3 aromatic rings. The first-order valence-corrected chi connectivity index (χ1v) is 7.87. The maximum atomic E-state index is 12.1. The van der Waals surface area contributed by atoms with Crippen LogP contribution in [0.15, 0.2) is 71.2 Å². The fourth-order valence-corrected chi connectivity index (χ4v) is 2.69. The molecule has 0 unspecified atom stereocenters. The number of carbonyl (C=O) groups is 1. The van der Waals surface area contributed by atoms with Gasteiger partial charge in [0.25, 0.3) is 0 Å². The Morgan fingerprint density at radius 3 is 2.39 bits per heavy atom. The van der Waals surface area contributed by atoms with E-state index in [9.17, 15) is 4.79 Å². The highest BCUT2D eigenvalue weighted by Gasteiger charge is 2.02. The average molecular weight is 362 g/mol. The van der Waals surface area contributed by atoms with Crippen LogP contribution < -0.4 is 0 Å². The van der Waals surface area contributed by atoms with Gasteiger partial charge in [-0.3, -0.25) is 4.79 Å². The van der Waals surface area contributed by atoms with Crippen LogP contribution in [-0.4, -0.2) is 5.78 Å². The lowest BCUT2D eigenvalue weighted by molar-refractivity contribution is 0.104. The largest absolute Gasteiger partial charge is 0.289 e. The molecule has 23 heavy (non-hydrogen) atoms. The topological polar surface area (TPSA) is 40.9 Å². The Morgan fingerprint density at radius 1 is 0.957 bits per heavy atom. The molecule has 0 aromatic heterocycles. The number of ketones is 1. The molecule has 0 fully saturated rings. The Kier molecular flexibility index (Phi) is 4.36. The number of halogens is 1. The summed E-state index contributed by atoms with van der Waals surface area (Å²) in [6.07, 6.45) is 3.36. The summed E-state index contributed by atoms with van der Waals surface area (Å²) in [4.78, 5) is 12.1. The van der Waals surface area contributed by atoms with Crippen molar-refractivity contribution in [2.45, 2.75) is 0 Å². The minimum atomic E-state index is -0.0783. The van der Waals surface area contributed by atoms with Gasteiger partial charge in [-0.1, -0.05) is 40.2 Å². The number of rotatable bonds is 3. The normalized spacial score (nSPS) is 10.8. The standard InChI is InChI=1S/C20H12BrNO/c21-19-9-8-17-11-14(1-7-18(17)12-19)4-10-20(23)16-5-2-15(13-22)3-6-16/h1-12H/b10-4+. The summed E-state index contributed by atoms with van der Waals surface area (Å²) in [7, 11) is 0. The van der Waals surface area contributed by atoms with Crippen molar-refractivity contribution in [2.75, 3.05) is 0 Å². The molecule has 0 heterocycles. The van der Waals surface area contributed by atoms with Crippen molar-refractivity contribution in [3.8, 4) is 6.07 Å². The quantitative estimate of drug-likeness (QED) is 0.464. The average Bonchev–Trinajstić information content (AvgIpc) is 2.59. The predicted octanol–water partition coefficient (Wildman–Crippen LogP) is 5.37. The maximum absolute atomic E-state index is 12.1. The monoisotopic (exact) mass is 361 g/mol. The molecule has 3 aromatic carbocycles. The summed E-state index contributed by atoms with van der Waals surface area (Å²) >= 11 is 3.46. The molecule has 0 spiro atoms. The Hall–Kier alpha value is -2.70. The lowest BCUT2D eigenvalue weighted by atomic mass is 10.0. The third-order valence-electron chi connectivity index (χ3n) is 3.55. The molecule has 110 valence electrons.